The predicted octanol–water partition coefficient (Wildman–Crippen LogP) is 10.5. The van der Waals surface area contributed by atoms with Crippen LogP contribution in [0.5, 0.6) is 0 Å². The van der Waals surface area contributed by atoms with Gasteiger partial charge in [0.2, 0.25) is 0 Å². The maximum atomic E-state index is 6.92. The summed E-state index contributed by atoms with van der Waals surface area (Å²) < 4.78 is 16.3. The van der Waals surface area contributed by atoms with E-state index in [0.29, 0.717) is 0 Å². The lowest BCUT2D eigenvalue weighted by atomic mass is 9.99. The monoisotopic (exact) mass is 599 g/mol. The second-order valence-electron chi connectivity index (χ2n) is 11.2. The Bertz CT molecular complexity index is 1920. The lowest BCUT2D eigenvalue weighted by Crippen LogP contribution is -2.29. The van der Waals surface area contributed by atoms with E-state index in [1.165, 1.54) is 32.2 Å². The standard InChI is InChI=1S/C38H35NO2P2/c1-28(2)39(26-13-27-42(31-16-5-3-6-17-31)32-18-7-4-8-19-32)43-40-35-24-22-29-14-9-11-20-33(29)37(35)38-34-21-12-10-15-30(34)23-25-36(38)41-43/h3-12,14-25,28H,13,26-27H2,1-2H3. The summed E-state index contributed by atoms with van der Waals surface area (Å²) in [5, 5.41) is 9.86. The van der Waals surface area contributed by atoms with E-state index in [0.717, 1.165) is 41.1 Å². The molecule has 0 aliphatic rings. The molecule has 214 valence electrons. The number of nitrogens with zero attached hydrogens (tertiary/aromatic N) is 1. The molecule has 7 aromatic rings. The zero-order valence-electron chi connectivity index (χ0n) is 24.6. The maximum Gasteiger partial charge on any atom is 0.309 e. The van der Waals surface area contributed by atoms with Crippen LogP contribution in [0.1, 0.15) is 20.3 Å². The highest BCUT2D eigenvalue weighted by molar-refractivity contribution is 7.73. The second-order valence-corrected chi connectivity index (χ2v) is 14.9. The first-order valence-corrected chi connectivity index (χ1v) is 17.7. The lowest BCUT2D eigenvalue weighted by Gasteiger charge is -2.24. The Morgan fingerprint density at radius 3 is 1.53 bits per heavy atom. The molecule has 0 saturated carbocycles. The number of rotatable bonds is 8. The average Bonchev–Trinajstić information content (AvgIpc) is 3.22. The molecule has 0 N–H and O–H groups in total. The van der Waals surface area contributed by atoms with Crippen molar-refractivity contribution in [3.8, 4) is 0 Å². The Labute approximate surface area is 255 Å². The third kappa shape index (κ3) is 5.62. The molecule has 1 heterocycles. The van der Waals surface area contributed by atoms with Crippen LogP contribution in [0.2, 0.25) is 0 Å². The predicted molar refractivity (Wildman–Crippen MR) is 188 cm³/mol. The highest BCUT2D eigenvalue weighted by Gasteiger charge is 2.21. The fraction of sp³-hybridized carbons (Fsp3) is 0.158. The van der Waals surface area contributed by atoms with Crippen molar-refractivity contribution in [3.63, 3.8) is 0 Å². The van der Waals surface area contributed by atoms with E-state index in [-0.39, 0.29) is 6.04 Å². The van der Waals surface area contributed by atoms with E-state index in [9.17, 15) is 0 Å². The van der Waals surface area contributed by atoms with Gasteiger partial charge in [-0.3, -0.25) is 0 Å². The molecule has 0 spiro atoms. The van der Waals surface area contributed by atoms with Crippen molar-refractivity contribution in [1.29, 1.82) is 0 Å². The van der Waals surface area contributed by atoms with Gasteiger partial charge in [0.05, 0.1) is 0 Å². The Morgan fingerprint density at radius 2 is 1.05 bits per heavy atom. The van der Waals surface area contributed by atoms with E-state index in [4.69, 9.17) is 8.39 Å². The number of hydrogen-bond acceptors (Lipinski definition) is 3. The normalized spacial score (nSPS) is 11.9. The van der Waals surface area contributed by atoms with Crippen molar-refractivity contribution in [2.45, 2.75) is 26.3 Å². The average molecular weight is 600 g/mol. The maximum absolute atomic E-state index is 6.92. The van der Waals surface area contributed by atoms with Crippen molar-refractivity contribution in [2.75, 3.05) is 17.4 Å². The molecular weight excluding hydrogens is 564 g/mol. The first-order valence-electron chi connectivity index (χ1n) is 15.0. The summed E-state index contributed by atoms with van der Waals surface area (Å²) >= 11 is 0. The van der Waals surface area contributed by atoms with Crippen LogP contribution in [-0.4, -0.2) is 18.7 Å². The summed E-state index contributed by atoms with van der Waals surface area (Å²) in [5.41, 5.74) is 1.78. The van der Waals surface area contributed by atoms with E-state index in [2.05, 4.69) is 152 Å². The highest BCUT2D eigenvalue weighted by atomic mass is 31.1. The van der Waals surface area contributed by atoms with Gasteiger partial charge < -0.3 is 8.39 Å². The Kier molecular flexibility index (Phi) is 8.05. The Morgan fingerprint density at radius 1 is 0.581 bits per heavy atom. The van der Waals surface area contributed by atoms with E-state index < -0.39 is 16.1 Å². The van der Waals surface area contributed by atoms with Crippen LogP contribution >= 0.6 is 16.1 Å². The topological polar surface area (TPSA) is 29.5 Å². The van der Waals surface area contributed by atoms with E-state index in [1.54, 1.807) is 0 Å². The third-order valence-corrected chi connectivity index (χ3v) is 12.5. The minimum Gasteiger partial charge on any atom is -0.408 e. The molecule has 0 atom stereocenters. The van der Waals surface area contributed by atoms with Crippen LogP contribution < -0.4 is 15.3 Å². The fourth-order valence-electron chi connectivity index (χ4n) is 6.01. The quantitative estimate of drug-likeness (QED) is 0.163. The zero-order valence-corrected chi connectivity index (χ0v) is 26.3. The van der Waals surface area contributed by atoms with Crippen molar-refractivity contribution < 1.29 is 8.39 Å². The van der Waals surface area contributed by atoms with Crippen LogP contribution in [-0.2, 0) is 0 Å². The number of hydrogen-bond donors (Lipinski definition) is 0. The van der Waals surface area contributed by atoms with Gasteiger partial charge in [0.15, 0.2) is 0 Å². The summed E-state index contributed by atoms with van der Waals surface area (Å²) in [6, 6.07) is 48.0. The summed E-state index contributed by atoms with van der Waals surface area (Å²) in [7, 11) is -1.83. The third-order valence-electron chi connectivity index (χ3n) is 8.09. The molecule has 0 radical (unpaired) electrons. The van der Waals surface area contributed by atoms with Crippen molar-refractivity contribution >= 4 is 70.2 Å². The van der Waals surface area contributed by atoms with Gasteiger partial charge in [0, 0.05) is 23.4 Å². The van der Waals surface area contributed by atoms with Gasteiger partial charge in [-0.2, -0.15) is 0 Å². The Hall–Kier alpha value is -3.87. The Balaban J connectivity index is 1.33. The second kappa shape index (κ2) is 12.4. The van der Waals surface area contributed by atoms with Crippen LogP contribution in [0.3, 0.4) is 0 Å². The molecule has 0 aliphatic carbocycles. The van der Waals surface area contributed by atoms with Crippen LogP contribution in [0.15, 0.2) is 142 Å². The summed E-state index contributed by atoms with van der Waals surface area (Å²) in [6.07, 6.45) is 2.16. The molecular formula is C38H35NO2P2. The molecule has 1 aromatic heterocycles. The summed E-state index contributed by atoms with van der Waals surface area (Å²) in [6.45, 7) is 5.40. The van der Waals surface area contributed by atoms with E-state index >= 15 is 0 Å². The highest BCUT2D eigenvalue weighted by Crippen LogP contribution is 2.43. The molecule has 3 nitrogen and oxygen atoms in total. The van der Waals surface area contributed by atoms with Crippen molar-refractivity contribution in [3.05, 3.63) is 133 Å². The molecule has 7 rings (SSSR count). The van der Waals surface area contributed by atoms with Crippen molar-refractivity contribution in [2.24, 2.45) is 0 Å². The molecule has 0 saturated heterocycles. The summed E-state index contributed by atoms with van der Waals surface area (Å²) in [4.78, 5) is 0. The van der Waals surface area contributed by atoms with Crippen LogP contribution in [0.25, 0.3) is 43.5 Å². The van der Waals surface area contributed by atoms with Gasteiger partial charge in [0.1, 0.15) is 11.2 Å². The first-order chi connectivity index (χ1) is 21.2. The summed E-state index contributed by atoms with van der Waals surface area (Å²) in [5.74, 6) is 0. The molecule has 5 heteroatoms. The molecule has 6 aromatic carbocycles. The molecule has 0 aliphatic heterocycles. The van der Waals surface area contributed by atoms with Gasteiger partial charge >= 0.3 is 8.16 Å². The van der Waals surface area contributed by atoms with Crippen LogP contribution in [0, 0.1) is 0 Å². The zero-order chi connectivity index (χ0) is 29.2. The van der Waals surface area contributed by atoms with E-state index in [1.807, 2.05) is 0 Å². The number of fused-ring (bicyclic) bond motifs is 7. The molecule has 0 bridgehead atoms. The molecule has 43 heavy (non-hydrogen) atoms. The van der Waals surface area contributed by atoms with Crippen LogP contribution in [0.4, 0.5) is 0 Å². The number of benzene rings is 6. The van der Waals surface area contributed by atoms with Gasteiger partial charge in [-0.25, -0.2) is 4.67 Å². The van der Waals surface area contributed by atoms with Gasteiger partial charge in [-0.15, -0.1) is 0 Å². The van der Waals surface area contributed by atoms with Gasteiger partial charge in [0.25, 0.3) is 0 Å². The molecule has 0 amide bonds. The lowest BCUT2D eigenvalue weighted by molar-refractivity contribution is 0.597. The first kappa shape index (κ1) is 27.9. The smallest absolute Gasteiger partial charge is 0.309 e. The van der Waals surface area contributed by atoms with Gasteiger partial charge in [-0.1, -0.05) is 121 Å². The molecule has 0 fully saturated rings. The molecule has 0 unspecified atom stereocenters. The minimum atomic E-state index is -1.38. The fourth-order valence-corrected chi connectivity index (χ4v) is 9.91. The van der Waals surface area contributed by atoms with Crippen molar-refractivity contribution in [1.82, 2.24) is 0 Å². The SMILES string of the molecule is CC(C)N(CCCP(c1ccccc1)c1ccccc1)p1oc2ccc3ccccc3c2c2c(ccc3ccccc32)o1. The minimum absolute atomic E-state index is 0.261. The largest absolute Gasteiger partial charge is 0.408 e. The van der Waals surface area contributed by atoms with Gasteiger partial charge in [-0.05, 0) is 78.6 Å².